The predicted octanol–water partition coefficient (Wildman–Crippen LogP) is 4.10. The van der Waals surface area contributed by atoms with Crippen molar-refractivity contribution in [2.75, 3.05) is 0 Å². The molecule has 2 aromatic rings. The molecule has 0 bridgehead atoms. The molecule has 2 aromatic carbocycles. The first kappa shape index (κ1) is 20.5. The molecular formula is C20H17F2O4P. The molecule has 0 aliphatic carbocycles. The van der Waals surface area contributed by atoms with Gasteiger partial charge >= 0.3 is 11.9 Å². The molecule has 0 aliphatic rings. The topological polar surface area (TPSA) is 52.6 Å². The third-order valence-corrected chi connectivity index (χ3v) is 4.02. The fourth-order valence-corrected chi connectivity index (χ4v) is 2.34. The smallest absolute Gasteiger partial charge is 0.338 e. The molecule has 7 heteroatoms. The van der Waals surface area contributed by atoms with E-state index in [9.17, 15) is 18.4 Å². The molecule has 27 heavy (non-hydrogen) atoms. The van der Waals surface area contributed by atoms with Gasteiger partial charge in [0, 0.05) is 33.6 Å². The van der Waals surface area contributed by atoms with Gasteiger partial charge in [-0.25, -0.2) is 18.4 Å². The maximum atomic E-state index is 14.7. The molecule has 2 rings (SSSR count). The van der Waals surface area contributed by atoms with Gasteiger partial charge in [0.25, 0.3) is 0 Å². The van der Waals surface area contributed by atoms with E-state index < -0.39 is 23.6 Å². The van der Waals surface area contributed by atoms with Crippen molar-refractivity contribution in [3.63, 3.8) is 0 Å². The summed E-state index contributed by atoms with van der Waals surface area (Å²) >= 11 is 0. The summed E-state index contributed by atoms with van der Waals surface area (Å²) in [6.07, 6.45) is 0. The van der Waals surface area contributed by atoms with Crippen LogP contribution in [0.2, 0.25) is 0 Å². The fraction of sp³-hybridized carbons (Fsp3) is 0.100. The highest BCUT2D eigenvalue weighted by atomic mass is 31.0. The maximum Gasteiger partial charge on any atom is 0.338 e. The van der Waals surface area contributed by atoms with E-state index in [2.05, 4.69) is 22.4 Å². The highest BCUT2D eigenvalue weighted by Gasteiger charge is 2.18. The van der Waals surface area contributed by atoms with Crippen LogP contribution in [0, 0.1) is 11.6 Å². The van der Waals surface area contributed by atoms with Crippen LogP contribution in [0.25, 0.3) is 11.1 Å². The van der Waals surface area contributed by atoms with Crippen molar-refractivity contribution in [3.05, 3.63) is 66.3 Å². The van der Waals surface area contributed by atoms with Crippen molar-refractivity contribution in [2.24, 2.45) is 0 Å². The molecule has 0 amide bonds. The number of carbonyl (C=O) groups is 2. The lowest BCUT2D eigenvalue weighted by Crippen LogP contribution is -2.14. The highest BCUT2D eigenvalue weighted by molar-refractivity contribution is 7.27. The number of hydrogen-bond donors (Lipinski definition) is 0. The molecule has 0 aliphatic heterocycles. The molecule has 4 nitrogen and oxygen atoms in total. The van der Waals surface area contributed by atoms with Crippen LogP contribution in [0.4, 0.5) is 8.78 Å². The van der Waals surface area contributed by atoms with E-state index in [-0.39, 0.29) is 39.1 Å². The van der Waals surface area contributed by atoms with Crippen LogP contribution in [-0.4, -0.2) is 11.9 Å². The molecule has 140 valence electrons. The number of carbonyl (C=O) groups excluding carboxylic acids is 2. The van der Waals surface area contributed by atoms with E-state index in [4.69, 9.17) is 9.47 Å². The molecule has 0 saturated heterocycles. The quantitative estimate of drug-likeness (QED) is 0.334. The van der Waals surface area contributed by atoms with Crippen LogP contribution in [0.1, 0.15) is 13.8 Å². The van der Waals surface area contributed by atoms with Gasteiger partial charge in [-0.3, -0.25) is 0 Å². The van der Waals surface area contributed by atoms with Gasteiger partial charge in [0.1, 0.15) is 23.1 Å². The van der Waals surface area contributed by atoms with Gasteiger partial charge in [-0.05, 0) is 38.1 Å². The second kappa shape index (κ2) is 8.23. The van der Waals surface area contributed by atoms with E-state index in [1.54, 1.807) is 0 Å². The summed E-state index contributed by atoms with van der Waals surface area (Å²) in [4.78, 5) is 23.1. The standard InChI is InChI=1S/C20H17F2O4P/c1-10(2)19(23)25-12-5-6-13(15(21)9-12)14-7-8-16(18(27)17(14)22)26-20(24)11(3)4/h5-9H,1,3,27H2,2,4H3. The normalized spacial score (nSPS) is 10.3. The lowest BCUT2D eigenvalue weighted by Gasteiger charge is -2.12. The van der Waals surface area contributed by atoms with E-state index in [1.165, 1.54) is 38.1 Å². The Morgan fingerprint density at radius 2 is 1.48 bits per heavy atom. The minimum absolute atomic E-state index is 0.0123. The van der Waals surface area contributed by atoms with Crippen molar-refractivity contribution in [1.29, 1.82) is 0 Å². The average Bonchev–Trinajstić information content (AvgIpc) is 2.59. The summed E-state index contributed by atoms with van der Waals surface area (Å²) in [6, 6.07) is 6.26. The Labute approximate surface area is 157 Å². The molecule has 0 saturated carbocycles. The van der Waals surface area contributed by atoms with Gasteiger partial charge in [0.05, 0.1) is 0 Å². The van der Waals surface area contributed by atoms with E-state index in [0.29, 0.717) is 0 Å². The number of hydrogen-bond acceptors (Lipinski definition) is 4. The minimum Gasteiger partial charge on any atom is -0.423 e. The van der Waals surface area contributed by atoms with Crippen molar-refractivity contribution in [1.82, 2.24) is 0 Å². The zero-order valence-electron chi connectivity index (χ0n) is 14.8. The molecule has 1 atom stereocenters. The zero-order valence-corrected chi connectivity index (χ0v) is 15.9. The van der Waals surface area contributed by atoms with E-state index >= 15 is 0 Å². The van der Waals surface area contributed by atoms with Crippen LogP contribution >= 0.6 is 9.24 Å². The summed E-state index contributed by atoms with van der Waals surface area (Å²) in [6.45, 7) is 9.82. The number of halogens is 2. The molecular weight excluding hydrogens is 373 g/mol. The van der Waals surface area contributed by atoms with Crippen LogP contribution in [0.5, 0.6) is 11.5 Å². The third kappa shape index (κ3) is 4.66. The molecule has 0 radical (unpaired) electrons. The predicted molar refractivity (Wildman–Crippen MR) is 102 cm³/mol. The first-order chi connectivity index (χ1) is 12.6. The Balaban J connectivity index is 2.37. The number of esters is 2. The number of rotatable bonds is 5. The lowest BCUT2D eigenvalue weighted by molar-refractivity contribution is -0.130. The number of benzene rings is 2. The molecule has 0 heterocycles. The highest BCUT2D eigenvalue weighted by Crippen LogP contribution is 2.30. The van der Waals surface area contributed by atoms with Crippen molar-refractivity contribution in [2.45, 2.75) is 13.8 Å². The van der Waals surface area contributed by atoms with Crippen molar-refractivity contribution < 1.29 is 27.8 Å². The largest absolute Gasteiger partial charge is 0.423 e. The van der Waals surface area contributed by atoms with Gasteiger partial charge in [-0.15, -0.1) is 0 Å². The molecule has 1 unspecified atom stereocenters. The van der Waals surface area contributed by atoms with E-state index in [0.717, 1.165) is 6.07 Å². The zero-order chi connectivity index (χ0) is 20.3. The van der Waals surface area contributed by atoms with E-state index in [1.807, 2.05) is 0 Å². The van der Waals surface area contributed by atoms with Gasteiger partial charge in [0.2, 0.25) is 0 Å². The molecule has 0 fully saturated rings. The summed E-state index contributed by atoms with van der Waals surface area (Å²) in [5.41, 5.74) is 0.252. The first-order valence-electron chi connectivity index (χ1n) is 7.75. The fourth-order valence-electron chi connectivity index (χ4n) is 2.03. The molecule has 0 aromatic heterocycles. The summed E-state index contributed by atoms with van der Waals surface area (Å²) in [5.74, 6) is -2.97. The third-order valence-electron chi connectivity index (χ3n) is 3.48. The second-order valence-corrected chi connectivity index (χ2v) is 6.40. The number of ether oxygens (including phenoxy) is 2. The van der Waals surface area contributed by atoms with Gasteiger partial charge in [-0.2, -0.15) is 0 Å². The second-order valence-electron chi connectivity index (χ2n) is 5.82. The monoisotopic (exact) mass is 390 g/mol. The maximum absolute atomic E-state index is 14.7. The Morgan fingerprint density at radius 3 is 2.04 bits per heavy atom. The van der Waals surface area contributed by atoms with Gasteiger partial charge < -0.3 is 9.47 Å². The molecule has 0 spiro atoms. The summed E-state index contributed by atoms with van der Waals surface area (Å²) in [7, 11) is 2.13. The Hall–Kier alpha value is -2.85. The first-order valence-corrected chi connectivity index (χ1v) is 8.32. The van der Waals surface area contributed by atoms with Crippen molar-refractivity contribution in [3.8, 4) is 22.6 Å². The van der Waals surface area contributed by atoms with Crippen LogP contribution in [-0.2, 0) is 9.59 Å². The Kier molecular flexibility index (Phi) is 6.24. The van der Waals surface area contributed by atoms with Gasteiger partial charge in [-0.1, -0.05) is 22.4 Å². The lowest BCUT2D eigenvalue weighted by atomic mass is 10.0. The van der Waals surface area contributed by atoms with Crippen LogP contribution < -0.4 is 14.8 Å². The Bertz CT molecular complexity index is 967. The summed E-state index contributed by atoms with van der Waals surface area (Å²) < 4.78 is 39.1. The van der Waals surface area contributed by atoms with Crippen molar-refractivity contribution >= 4 is 26.5 Å². The van der Waals surface area contributed by atoms with Crippen LogP contribution in [0.3, 0.4) is 0 Å². The van der Waals surface area contributed by atoms with Crippen LogP contribution in [0.15, 0.2) is 54.6 Å². The SMILES string of the molecule is C=C(C)C(=O)Oc1ccc(-c2ccc(OC(=O)C(=C)C)c(P)c2F)c(F)c1. The van der Waals surface area contributed by atoms with Gasteiger partial charge in [0.15, 0.2) is 0 Å². The average molecular weight is 390 g/mol. The molecule has 0 N–H and O–H groups in total. The Morgan fingerprint density at radius 1 is 0.926 bits per heavy atom. The minimum atomic E-state index is -0.781. The summed E-state index contributed by atoms with van der Waals surface area (Å²) in [5, 5.41) is -0.0284.